The normalized spacial score (nSPS) is 18.9. The fourth-order valence-corrected chi connectivity index (χ4v) is 6.11. The molecule has 2 aliphatic carbocycles. The molecule has 2 atom stereocenters. The summed E-state index contributed by atoms with van der Waals surface area (Å²) < 4.78 is 10.5. The molecule has 0 N–H and O–H groups in total. The molecule has 0 unspecified atom stereocenters. The van der Waals surface area contributed by atoms with Gasteiger partial charge in [-0.25, -0.2) is 0 Å². The molecule has 0 fully saturated rings. The van der Waals surface area contributed by atoms with E-state index < -0.39 is 11.3 Å². The molecule has 0 saturated heterocycles. The van der Waals surface area contributed by atoms with Crippen molar-refractivity contribution in [2.75, 3.05) is 14.2 Å². The third kappa shape index (κ3) is 3.73. The van der Waals surface area contributed by atoms with Crippen LogP contribution in [0.1, 0.15) is 60.1 Å². The molecule has 0 saturated carbocycles. The Kier molecular flexibility index (Phi) is 5.99. The van der Waals surface area contributed by atoms with Crippen molar-refractivity contribution in [2.24, 2.45) is 0 Å². The minimum absolute atomic E-state index is 0.0661. The zero-order chi connectivity index (χ0) is 27.1. The van der Waals surface area contributed by atoms with E-state index in [2.05, 4.69) is 0 Å². The molecule has 0 bridgehead atoms. The molecule has 1 spiro atoms. The van der Waals surface area contributed by atoms with Crippen LogP contribution >= 0.6 is 0 Å². The number of benzene rings is 4. The van der Waals surface area contributed by atoms with Crippen LogP contribution in [0.2, 0.25) is 0 Å². The van der Waals surface area contributed by atoms with Gasteiger partial charge in [0.1, 0.15) is 11.5 Å². The van der Waals surface area contributed by atoms with Crippen LogP contribution in [0, 0.1) is 0 Å². The molecular weight excluding hydrogens is 488 g/mol. The highest BCUT2D eigenvalue weighted by molar-refractivity contribution is 6.25. The number of methoxy groups -OCH3 is 2. The predicted molar refractivity (Wildman–Crippen MR) is 149 cm³/mol. The number of rotatable bonds is 7. The number of ketones is 3. The van der Waals surface area contributed by atoms with Crippen LogP contribution < -0.4 is 9.47 Å². The molecule has 0 amide bonds. The topological polar surface area (TPSA) is 69.7 Å². The van der Waals surface area contributed by atoms with Crippen LogP contribution in [0.4, 0.5) is 0 Å². The summed E-state index contributed by atoms with van der Waals surface area (Å²) in [7, 11) is 3.15. The lowest BCUT2D eigenvalue weighted by Gasteiger charge is -2.34. The van der Waals surface area contributed by atoms with Gasteiger partial charge in [0.2, 0.25) is 0 Å². The Morgan fingerprint density at radius 3 is 2.00 bits per heavy atom. The molecule has 2 aliphatic rings. The zero-order valence-electron chi connectivity index (χ0n) is 21.6. The molecule has 39 heavy (non-hydrogen) atoms. The fraction of sp³-hybridized carbons (Fsp3) is 0.147. The van der Waals surface area contributed by atoms with E-state index in [9.17, 15) is 14.4 Å². The molecular formula is C34H26O5. The number of carbonyl (C=O) groups excluding carboxylic acids is 3. The SMILES string of the molecule is COc1ccc(C(=O)C[C@H]2c3ccccc3C(=O)[C@]23C(C(=O)c2ccc(OC)cc2)=Cc2ccccc23)cc1. The van der Waals surface area contributed by atoms with Gasteiger partial charge in [-0.05, 0) is 71.3 Å². The van der Waals surface area contributed by atoms with Gasteiger partial charge in [-0.1, -0.05) is 48.5 Å². The minimum Gasteiger partial charge on any atom is -0.497 e. The first kappa shape index (κ1) is 24.6. The van der Waals surface area contributed by atoms with Crippen molar-refractivity contribution in [3.05, 3.63) is 136 Å². The Morgan fingerprint density at radius 2 is 1.33 bits per heavy atom. The lowest BCUT2D eigenvalue weighted by atomic mass is 9.64. The number of carbonyl (C=O) groups is 3. The largest absolute Gasteiger partial charge is 0.497 e. The van der Waals surface area contributed by atoms with Crippen molar-refractivity contribution in [1.29, 1.82) is 0 Å². The summed E-state index contributed by atoms with van der Waals surface area (Å²) in [5, 5.41) is 0. The van der Waals surface area contributed by atoms with E-state index in [0.717, 1.165) is 16.7 Å². The van der Waals surface area contributed by atoms with Gasteiger partial charge in [-0.2, -0.15) is 0 Å². The molecule has 0 radical (unpaired) electrons. The minimum atomic E-state index is -1.31. The lowest BCUT2D eigenvalue weighted by molar-refractivity contribution is 0.0861. The van der Waals surface area contributed by atoms with E-state index >= 15 is 0 Å². The summed E-state index contributed by atoms with van der Waals surface area (Å²) >= 11 is 0. The zero-order valence-corrected chi connectivity index (χ0v) is 21.6. The first-order chi connectivity index (χ1) is 19.0. The van der Waals surface area contributed by atoms with Crippen LogP contribution in [-0.4, -0.2) is 31.6 Å². The molecule has 0 aliphatic heterocycles. The molecule has 0 aromatic heterocycles. The smallest absolute Gasteiger partial charge is 0.190 e. The number of fused-ring (bicyclic) bond motifs is 3. The Bertz CT molecular complexity index is 1650. The number of ether oxygens (including phenoxy) is 2. The standard InChI is InChI=1S/C34H26O5/c1-38-24-15-11-21(12-16-24)31(35)20-29-26-8-4-5-9-27(26)33(37)34(29)28-10-6-3-7-23(28)19-30(34)32(36)22-13-17-25(39-2)18-14-22/h3-19,29H,20H2,1-2H3/t29-,34-/m0/s1. The highest BCUT2D eigenvalue weighted by atomic mass is 16.5. The maximum absolute atomic E-state index is 14.5. The summed E-state index contributed by atoms with van der Waals surface area (Å²) in [6.45, 7) is 0. The average molecular weight is 515 g/mol. The van der Waals surface area contributed by atoms with Gasteiger partial charge in [-0.15, -0.1) is 0 Å². The third-order valence-corrected chi connectivity index (χ3v) is 7.97. The van der Waals surface area contributed by atoms with Gasteiger partial charge >= 0.3 is 0 Å². The maximum Gasteiger partial charge on any atom is 0.190 e. The quantitative estimate of drug-likeness (QED) is 0.264. The Labute approximate surface area is 226 Å². The van der Waals surface area contributed by atoms with E-state index in [1.807, 2.05) is 48.5 Å². The number of hydrogen-bond acceptors (Lipinski definition) is 5. The van der Waals surface area contributed by atoms with Crippen LogP contribution in [-0.2, 0) is 5.41 Å². The van der Waals surface area contributed by atoms with Crippen LogP contribution in [0.3, 0.4) is 0 Å². The van der Waals surface area contributed by atoms with Gasteiger partial charge < -0.3 is 9.47 Å². The second-order valence-corrected chi connectivity index (χ2v) is 9.84. The number of hydrogen-bond donors (Lipinski definition) is 0. The Morgan fingerprint density at radius 1 is 0.744 bits per heavy atom. The summed E-state index contributed by atoms with van der Waals surface area (Å²) in [5.74, 6) is 0.252. The Hall–Kier alpha value is -4.77. The first-order valence-electron chi connectivity index (χ1n) is 12.8. The summed E-state index contributed by atoms with van der Waals surface area (Å²) in [6.07, 6.45) is 1.90. The predicted octanol–water partition coefficient (Wildman–Crippen LogP) is 6.47. The van der Waals surface area contributed by atoms with Crippen molar-refractivity contribution in [3.8, 4) is 11.5 Å². The van der Waals surface area contributed by atoms with Gasteiger partial charge in [-0.3, -0.25) is 14.4 Å². The van der Waals surface area contributed by atoms with Crippen molar-refractivity contribution in [2.45, 2.75) is 17.8 Å². The molecule has 192 valence electrons. The van der Waals surface area contributed by atoms with Crippen molar-refractivity contribution in [1.82, 2.24) is 0 Å². The second kappa shape index (κ2) is 9.52. The van der Waals surface area contributed by atoms with Gasteiger partial charge in [0.15, 0.2) is 17.3 Å². The second-order valence-electron chi connectivity index (χ2n) is 9.84. The molecule has 5 heteroatoms. The van der Waals surface area contributed by atoms with Crippen molar-refractivity contribution in [3.63, 3.8) is 0 Å². The molecule has 5 nitrogen and oxygen atoms in total. The lowest BCUT2D eigenvalue weighted by Crippen LogP contribution is -2.40. The third-order valence-electron chi connectivity index (χ3n) is 7.97. The van der Waals surface area contributed by atoms with E-state index in [0.29, 0.717) is 33.8 Å². The first-order valence-corrected chi connectivity index (χ1v) is 12.8. The van der Waals surface area contributed by atoms with E-state index in [1.165, 1.54) is 0 Å². The summed E-state index contributed by atoms with van der Waals surface area (Å²) in [5.41, 5.74) is 2.99. The van der Waals surface area contributed by atoms with Crippen molar-refractivity contribution >= 4 is 23.4 Å². The van der Waals surface area contributed by atoms with E-state index in [4.69, 9.17) is 9.47 Å². The molecule has 4 aromatic carbocycles. The van der Waals surface area contributed by atoms with Crippen LogP contribution in [0.25, 0.3) is 6.08 Å². The van der Waals surface area contributed by atoms with Crippen LogP contribution in [0.5, 0.6) is 11.5 Å². The maximum atomic E-state index is 14.5. The van der Waals surface area contributed by atoms with Gasteiger partial charge in [0.25, 0.3) is 0 Å². The van der Waals surface area contributed by atoms with E-state index in [-0.39, 0.29) is 23.8 Å². The average Bonchev–Trinajstić information content (AvgIpc) is 3.46. The van der Waals surface area contributed by atoms with E-state index in [1.54, 1.807) is 68.8 Å². The molecule has 6 rings (SSSR count). The van der Waals surface area contributed by atoms with Crippen LogP contribution in [0.15, 0.2) is 103 Å². The van der Waals surface area contributed by atoms with Crippen molar-refractivity contribution < 1.29 is 23.9 Å². The summed E-state index contributed by atoms with van der Waals surface area (Å²) in [6, 6.07) is 28.9. The Balaban J connectivity index is 1.51. The fourth-order valence-electron chi connectivity index (χ4n) is 6.11. The van der Waals surface area contributed by atoms with Gasteiger partial charge in [0.05, 0.1) is 19.6 Å². The number of allylic oxidation sites excluding steroid dienone is 1. The number of Topliss-reactive ketones (excluding diaryl/α,β-unsaturated/α-hetero) is 3. The molecule has 0 heterocycles. The monoisotopic (exact) mass is 514 g/mol. The highest BCUT2D eigenvalue weighted by Gasteiger charge is 2.60. The summed E-state index contributed by atoms with van der Waals surface area (Å²) in [4.78, 5) is 42.4. The highest BCUT2D eigenvalue weighted by Crippen LogP contribution is 2.59. The molecule has 4 aromatic rings. The van der Waals surface area contributed by atoms with Gasteiger partial charge in [0, 0.05) is 34.6 Å².